The molecule has 5 heteroatoms. The number of carbonyl (C=O) groups is 2. The molecule has 1 aliphatic rings. The van der Waals surface area contributed by atoms with Crippen LogP contribution in [0.1, 0.15) is 12.0 Å². The topological polar surface area (TPSA) is 45.5 Å². The van der Waals surface area contributed by atoms with Crippen LogP contribution >= 0.6 is 0 Å². The number of carbonyl (C=O) groups excluding carboxylic acids is 2. The lowest BCUT2D eigenvalue weighted by Crippen LogP contribution is -2.41. The standard InChI is InChI=1S/C18H21N3O2/c1-19-11-10-16(18(19)23)21(3)17(22)9-8-13-12-20(2)15-7-5-4-6-14(13)15/h4-9,12,16H,10-11H2,1-3H3/b9-8+. The molecule has 0 saturated carbocycles. The Bertz CT molecular complexity index is 791. The van der Waals surface area contributed by atoms with E-state index in [9.17, 15) is 9.59 Å². The van der Waals surface area contributed by atoms with Crippen molar-refractivity contribution in [3.05, 3.63) is 42.1 Å². The highest BCUT2D eigenvalue weighted by Gasteiger charge is 2.33. The van der Waals surface area contributed by atoms with E-state index < -0.39 is 0 Å². The molecule has 23 heavy (non-hydrogen) atoms. The lowest BCUT2D eigenvalue weighted by atomic mass is 10.1. The minimum atomic E-state index is -0.343. The number of rotatable bonds is 3. The zero-order valence-electron chi connectivity index (χ0n) is 13.7. The van der Waals surface area contributed by atoms with E-state index in [1.807, 2.05) is 48.2 Å². The van der Waals surface area contributed by atoms with E-state index in [2.05, 4.69) is 0 Å². The molecule has 0 radical (unpaired) electrons. The Kier molecular flexibility index (Phi) is 3.94. The highest BCUT2D eigenvalue weighted by Crippen LogP contribution is 2.22. The molecule has 0 spiro atoms. The first-order chi connectivity index (χ1) is 11.0. The molecule has 1 aliphatic heterocycles. The maximum Gasteiger partial charge on any atom is 0.246 e. The van der Waals surface area contributed by atoms with Crippen LogP contribution < -0.4 is 0 Å². The van der Waals surface area contributed by atoms with Crippen molar-refractivity contribution in [3.8, 4) is 0 Å². The molecule has 0 N–H and O–H groups in total. The Labute approximate surface area is 135 Å². The smallest absolute Gasteiger partial charge is 0.246 e. The molecule has 1 fully saturated rings. The van der Waals surface area contributed by atoms with Gasteiger partial charge < -0.3 is 14.4 Å². The van der Waals surface area contributed by atoms with Gasteiger partial charge in [-0.15, -0.1) is 0 Å². The second-order valence-electron chi connectivity index (χ2n) is 6.06. The Morgan fingerprint density at radius 2 is 2.04 bits per heavy atom. The molecule has 5 nitrogen and oxygen atoms in total. The lowest BCUT2D eigenvalue weighted by molar-refractivity contribution is -0.137. The molecule has 2 aromatic rings. The fraction of sp³-hybridized carbons (Fsp3) is 0.333. The fourth-order valence-corrected chi connectivity index (χ4v) is 3.10. The average molecular weight is 311 g/mol. The summed E-state index contributed by atoms with van der Waals surface area (Å²) in [5.74, 6) is -0.133. The number of amides is 2. The van der Waals surface area contributed by atoms with Crippen molar-refractivity contribution in [1.29, 1.82) is 0 Å². The molecule has 1 saturated heterocycles. The first-order valence-electron chi connectivity index (χ1n) is 7.73. The van der Waals surface area contributed by atoms with Gasteiger partial charge in [0.15, 0.2) is 0 Å². The molecule has 2 amide bonds. The van der Waals surface area contributed by atoms with Gasteiger partial charge in [-0.1, -0.05) is 18.2 Å². The van der Waals surface area contributed by atoms with Crippen LogP contribution in [0, 0.1) is 0 Å². The summed E-state index contributed by atoms with van der Waals surface area (Å²) in [6.07, 6.45) is 6.07. The summed E-state index contributed by atoms with van der Waals surface area (Å²) in [4.78, 5) is 27.6. The van der Waals surface area contributed by atoms with Crippen LogP contribution in [0.3, 0.4) is 0 Å². The molecule has 0 aliphatic carbocycles. The third kappa shape index (κ3) is 2.74. The predicted molar refractivity (Wildman–Crippen MR) is 90.8 cm³/mol. The number of likely N-dealkylation sites (tertiary alicyclic amines) is 1. The molecule has 2 heterocycles. The largest absolute Gasteiger partial charge is 0.350 e. The third-order valence-corrected chi connectivity index (χ3v) is 4.55. The van der Waals surface area contributed by atoms with Gasteiger partial charge >= 0.3 is 0 Å². The maximum absolute atomic E-state index is 12.4. The third-order valence-electron chi connectivity index (χ3n) is 4.55. The van der Waals surface area contributed by atoms with Gasteiger partial charge in [-0.05, 0) is 18.6 Å². The highest BCUT2D eigenvalue weighted by molar-refractivity contribution is 5.98. The SMILES string of the molecule is CN1CCC(N(C)C(=O)/C=C/c2cn(C)c3ccccc23)C1=O. The van der Waals surface area contributed by atoms with Gasteiger partial charge in [0, 0.05) is 56.4 Å². The first-order valence-corrected chi connectivity index (χ1v) is 7.73. The van der Waals surface area contributed by atoms with Gasteiger partial charge in [0.2, 0.25) is 11.8 Å². The van der Waals surface area contributed by atoms with Crippen LogP contribution in [-0.4, -0.2) is 52.9 Å². The number of nitrogens with zero attached hydrogens (tertiary/aromatic N) is 3. The summed E-state index contributed by atoms with van der Waals surface area (Å²) < 4.78 is 2.04. The molecule has 1 aromatic heterocycles. The minimum Gasteiger partial charge on any atom is -0.350 e. The van der Waals surface area contributed by atoms with Gasteiger partial charge in [0.1, 0.15) is 6.04 Å². The van der Waals surface area contributed by atoms with Crippen LogP contribution in [0.15, 0.2) is 36.5 Å². The van der Waals surface area contributed by atoms with Gasteiger partial charge in [-0.2, -0.15) is 0 Å². The van der Waals surface area contributed by atoms with Crippen molar-refractivity contribution in [2.75, 3.05) is 20.6 Å². The lowest BCUT2D eigenvalue weighted by Gasteiger charge is -2.21. The monoisotopic (exact) mass is 311 g/mol. The summed E-state index contributed by atoms with van der Waals surface area (Å²) >= 11 is 0. The maximum atomic E-state index is 12.4. The molecule has 1 atom stereocenters. The summed E-state index contributed by atoms with van der Waals surface area (Å²) in [5.41, 5.74) is 2.13. The van der Waals surface area contributed by atoms with Crippen LogP contribution in [-0.2, 0) is 16.6 Å². The van der Waals surface area contributed by atoms with Gasteiger partial charge in [-0.25, -0.2) is 0 Å². The summed E-state index contributed by atoms with van der Waals surface area (Å²) in [5, 5.41) is 1.11. The second-order valence-corrected chi connectivity index (χ2v) is 6.06. The summed E-state index contributed by atoms with van der Waals surface area (Å²) in [6.45, 7) is 0.703. The highest BCUT2D eigenvalue weighted by atomic mass is 16.2. The van der Waals surface area contributed by atoms with E-state index in [-0.39, 0.29) is 17.9 Å². The van der Waals surface area contributed by atoms with E-state index in [0.717, 1.165) is 16.5 Å². The van der Waals surface area contributed by atoms with Gasteiger partial charge in [-0.3, -0.25) is 9.59 Å². The molecular weight excluding hydrogens is 290 g/mol. The molecule has 1 aromatic carbocycles. The summed E-state index contributed by atoms with van der Waals surface area (Å²) in [7, 11) is 5.45. The van der Waals surface area contributed by atoms with E-state index in [4.69, 9.17) is 0 Å². The van der Waals surface area contributed by atoms with Crippen molar-refractivity contribution < 1.29 is 9.59 Å². The average Bonchev–Trinajstić information content (AvgIpc) is 3.06. The number of fused-ring (bicyclic) bond motifs is 1. The second kappa shape index (κ2) is 5.91. The number of aromatic nitrogens is 1. The van der Waals surface area contributed by atoms with Crippen molar-refractivity contribution in [2.24, 2.45) is 7.05 Å². The number of para-hydroxylation sites is 1. The zero-order chi connectivity index (χ0) is 16.6. The van der Waals surface area contributed by atoms with Crippen molar-refractivity contribution in [2.45, 2.75) is 12.5 Å². The fourth-order valence-electron chi connectivity index (χ4n) is 3.10. The number of benzene rings is 1. The Hall–Kier alpha value is -2.56. The van der Waals surface area contributed by atoms with Crippen LogP contribution in [0.4, 0.5) is 0 Å². The van der Waals surface area contributed by atoms with Gasteiger partial charge in [0.05, 0.1) is 0 Å². The molecular formula is C18H21N3O2. The Morgan fingerprint density at radius 1 is 1.30 bits per heavy atom. The quantitative estimate of drug-likeness (QED) is 0.813. The molecule has 0 bridgehead atoms. The van der Waals surface area contributed by atoms with Crippen LogP contribution in [0.5, 0.6) is 0 Å². The molecule has 120 valence electrons. The number of aryl methyl sites for hydroxylation is 1. The number of likely N-dealkylation sites (N-methyl/N-ethyl adjacent to an activating group) is 2. The Balaban J connectivity index is 1.79. The predicted octanol–water partition coefficient (Wildman–Crippen LogP) is 1.88. The minimum absolute atomic E-state index is 0.0133. The molecule has 1 unspecified atom stereocenters. The van der Waals surface area contributed by atoms with E-state index in [1.165, 1.54) is 4.90 Å². The van der Waals surface area contributed by atoms with E-state index in [1.54, 1.807) is 25.1 Å². The number of hydrogen-bond acceptors (Lipinski definition) is 2. The molecule has 3 rings (SSSR count). The first kappa shape index (κ1) is 15.3. The summed E-state index contributed by atoms with van der Waals surface area (Å²) in [6, 6.07) is 7.73. The zero-order valence-corrected chi connectivity index (χ0v) is 13.7. The van der Waals surface area contributed by atoms with Crippen molar-refractivity contribution in [1.82, 2.24) is 14.4 Å². The van der Waals surface area contributed by atoms with E-state index >= 15 is 0 Å². The van der Waals surface area contributed by atoms with Crippen molar-refractivity contribution in [3.63, 3.8) is 0 Å². The van der Waals surface area contributed by atoms with Crippen LogP contribution in [0.25, 0.3) is 17.0 Å². The normalized spacial score (nSPS) is 18.3. The number of hydrogen-bond donors (Lipinski definition) is 0. The Morgan fingerprint density at radius 3 is 2.74 bits per heavy atom. The van der Waals surface area contributed by atoms with Crippen LogP contribution in [0.2, 0.25) is 0 Å². The van der Waals surface area contributed by atoms with Gasteiger partial charge in [0.25, 0.3) is 0 Å². The van der Waals surface area contributed by atoms with E-state index in [0.29, 0.717) is 13.0 Å². The van der Waals surface area contributed by atoms with Crippen molar-refractivity contribution >= 4 is 28.8 Å².